The van der Waals surface area contributed by atoms with Gasteiger partial charge in [-0.05, 0) is 37.3 Å². The van der Waals surface area contributed by atoms with E-state index in [4.69, 9.17) is 17.3 Å². The lowest BCUT2D eigenvalue weighted by molar-refractivity contribution is 0.0827. The van der Waals surface area contributed by atoms with Gasteiger partial charge >= 0.3 is 0 Å². The first-order valence-electron chi connectivity index (χ1n) is 7.93. The summed E-state index contributed by atoms with van der Waals surface area (Å²) >= 11 is 6.26. The standard InChI is InChI=1S/C19H18ClN5O/c1-11-17(12-4-5-16(21)22-9-12)18(24-10-23-11)13-6-14(8-15(20)7-13)19(26)25(2)3/h4-10H,1-3H3,(H2,21,22). The minimum atomic E-state index is -0.129. The Kier molecular flexibility index (Phi) is 4.86. The van der Waals surface area contributed by atoms with Crippen molar-refractivity contribution in [2.24, 2.45) is 0 Å². The minimum absolute atomic E-state index is 0.129. The Morgan fingerprint density at radius 3 is 2.50 bits per heavy atom. The SMILES string of the molecule is Cc1ncnc(-c2cc(Cl)cc(C(=O)N(C)C)c2)c1-c1ccc(N)nc1. The molecule has 0 fully saturated rings. The van der Waals surface area contributed by atoms with Crippen molar-refractivity contribution in [3.8, 4) is 22.4 Å². The number of carbonyl (C=O) groups excluding carboxylic acids is 1. The van der Waals surface area contributed by atoms with E-state index in [0.29, 0.717) is 22.1 Å². The molecule has 0 aliphatic heterocycles. The van der Waals surface area contributed by atoms with Gasteiger partial charge < -0.3 is 10.6 Å². The summed E-state index contributed by atoms with van der Waals surface area (Å²) in [7, 11) is 3.40. The van der Waals surface area contributed by atoms with Gasteiger partial charge in [-0.1, -0.05) is 11.6 Å². The molecule has 7 heteroatoms. The molecular formula is C19H18ClN5O. The topological polar surface area (TPSA) is 85.0 Å². The third-order valence-corrected chi connectivity index (χ3v) is 4.15. The highest BCUT2D eigenvalue weighted by Gasteiger charge is 2.17. The predicted molar refractivity (Wildman–Crippen MR) is 103 cm³/mol. The third-order valence-electron chi connectivity index (χ3n) is 3.94. The molecule has 0 unspecified atom stereocenters. The quantitative estimate of drug-likeness (QED) is 0.766. The summed E-state index contributed by atoms with van der Waals surface area (Å²) in [5, 5.41) is 0.463. The van der Waals surface area contributed by atoms with Gasteiger partial charge in [0.1, 0.15) is 12.1 Å². The van der Waals surface area contributed by atoms with Gasteiger partial charge in [0.05, 0.1) is 5.69 Å². The van der Waals surface area contributed by atoms with Gasteiger partial charge in [-0.25, -0.2) is 15.0 Å². The Labute approximate surface area is 156 Å². The van der Waals surface area contributed by atoms with Crippen LogP contribution in [0, 0.1) is 6.92 Å². The molecule has 132 valence electrons. The molecule has 2 heterocycles. The molecule has 26 heavy (non-hydrogen) atoms. The average molecular weight is 368 g/mol. The molecule has 6 nitrogen and oxygen atoms in total. The molecule has 2 aromatic heterocycles. The van der Waals surface area contributed by atoms with Crippen LogP contribution >= 0.6 is 11.6 Å². The number of hydrogen-bond donors (Lipinski definition) is 1. The monoisotopic (exact) mass is 367 g/mol. The zero-order valence-corrected chi connectivity index (χ0v) is 15.4. The number of nitrogens with two attached hydrogens (primary N) is 1. The molecule has 1 aromatic carbocycles. The van der Waals surface area contributed by atoms with Crippen LogP contribution in [-0.2, 0) is 0 Å². The van der Waals surface area contributed by atoms with Crippen molar-refractivity contribution in [3.63, 3.8) is 0 Å². The summed E-state index contributed by atoms with van der Waals surface area (Å²) in [6, 6.07) is 8.80. The van der Waals surface area contributed by atoms with Crippen molar-refractivity contribution in [1.29, 1.82) is 0 Å². The van der Waals surface area contributed by atoms with Crippen LogP contribution in [0.3, 0.4) is 0 Å². The largest absolute Gasteiger partial charge is 0.384 e. The van der Waals surface area contributed by atoms with Gasteiger partial charge in [-0.3, -0.25) is 4.79 Å². The molecule has 0 bridgehead atoms. The van der Waals surface area contributed by atoms with E-state index in [1.807, 2.05) is 13.0 Å². The van der Waals surface area contributed by atoms with Crippen LogP contribution in [0.15, 0.2) is 42.9 Å². The molecule has 2 N–H and O–H groups in total. The lowest BCUT2D eigenvalue weighted by Crippen LogP contribution is -2.21. The Morgan fingerprint density at radius 1 is 1.08 bits per heavy atom. The van der Waals surface area contributed by atoms with Gasteiger partial charge in [-0.15, -0.1) is 0 Å². The Balaban J connectivity index is 2.21. The fraction of sp³-hybridized carbons (Fsp3) is 0.158. The maximum Gasteiger partial charge on any atom is 0.253 e. The van der Waals surface area contributed by atoms with Gasteiger partial charge in [0.25, 0.3) is 5.91 Å². The van der Waals surface area contributed by atoms with Crippen molar-refractivity contribution < 1.29 is 4.79 Å². The van der Waals surface area contributed by atoms with Crippen molar-refractivity contribution in [2.75, 3.05) is 19.8 Å². The van der Waals surface area contributed by atoms with E-state index in [1.165, 1.54) is 11.2 Å². The average Bonchev–Trinajstić information content (AvgIpc) is 2.61. The van der Waals surface area contributed by atoms with Crippen molar-refractivity contribution in [1.82, 2.24) is 19.9 Å². The van der Waals surface area contributed by atoms with Crippen LogP contribution in [0.25, 0.3) is 22.4 Å². The van der Waals surface area contributed by atoms with Gasteiger partial charge in [0.2, 0.25) is 0 Å². The molecule has 3 rings (SSSR count). The number of nitrogen functional groups attached to an aromatic ring is 1. The fourth-order valence-corrected chi connectivity index (χ4v) is 2.93. The van der Waals surface area contributed by atoms with E-state index < -0.39 is 0 Å². The number of nitrogens with zero attached hydrogens (tertiary/aromatic N) is 4. The van der Waals surface area contributed by atoms with Gasteiger partial charge in [0, 0.05) is 53.3 Å². The molecule has 0 saturated heterocycles. The van der Waals surface area contributed by atoms with E-state index in [2.05, 4.69) is 15.0 Å². The van der Waals surface area contributed by atoms with E-state index in [1.54, 1.807) is 44.6 Å². The van der Waals surface area contributed by atoms with E-state index in [0.717, 1.165) is 22.4 Å². The minimum Gasteiger partial charge on any atom is -0.384 e. The molecule has 0 saturated carbocycles. The number of carbonyl (C=O) groups is 1. The molecule has 0 aliphatic rings. The van der Waals surface area contributed by atoms with Crippen molar-refractivity contribution in [2.45, 2.75) is 6.92 Å². The highest BCUT2D eigenvalue weighted by atomic mass is 35.5. The summed E-state index contributed by atoms with van der Waals surface area (Å²) in [5.74, 6) is 0.307. The van der Waals surface area contributed by atoms with Crippen LogP contribution in [-0.4, -0.2) is 39.9 Å². The number of aromatic nitrogens is 3. The van der Waals surface area contributed by atoms with Crippen molar-refractivity contribution in [3.05, 3.63) is 59.1 Å². The number of hydrogen-bond acceptors (Lipinski definition) is 5. The van der Waals surface area contributed by atoms with E-state index in [9.17, 15) is 4.79 Å². The van der Waals surface area contributed by atoms with E-state index in [-0.39, 0.29) is 5.91 Å². The summed E-state index contributed by atoms with van der Waals surface area (Å²) in [6.07, 6.45) is 3.17. The predicted octanol–water partition coefficient (Wildman–Crippen LogP) is 3.45. The third kappa shape index (κ3) is 3.50. The maximum absolute atomic E-state index is 12.4. The molecule has 1 amide bonds. The number of amides is 1. The smallest absolute Gasteiger partial charge is 0.253 e. The number of aryl methyl sites for hydroxylation is 1. The summed E-state index contributed by atoms with van der Waals surface area (Å²) in [4.78, 5) is 26.7. The van der Waals surface area contributed by atoms with E-state index >= 15 is 0 Å². The highest BCUT2D eigenvalue weighted by Crippen LogP contribution is 2.34. The van der Waals surface area contributed by atoms with Crippen LogP contribution in [0.5, 0.6) is 0 Å². The van der Waals surface area contributed by atoms with Gasteiger partial charge in [0.15, 0.2) is 0 Å². The summed E-state index contributed by atoms with van der Waals surface area (Å²) in [5.41, 5.74) is 10.1. The second-order valence-corrected chi connectivity index (χ2v) is 6.52. The zero-order valence-electron chi connectivity index (χ0n) is 14.7. The normalized spacial score (nSPS) is 10.6. The molecule has 0 aliphatic carbocycles. The maximum atomic E-state index is 12.4. The highest BCUT2D eigenvalue weighted by molar-refractivity contribution is 6.31. The van der Waals surface area contributed by atoms with Gasteiger partial charge in [-0.2, -0.15) is 0 Å². The van der Waals surface area contributed by atoms with Crippen LogP contribution in [0.4, 0.5) is 5.82 Å². The molecule has 3 aromatic rings. The first-order valence-corrected chi connectivity index (χ1v) is 8.30. The molecular weight excluding hydrogens is 350 g/mol. The number of benzene rings is 1. The molecule has 0 spiro atoms. The molecule has 0 atom stereocenters. The fourth-order valence-electron chi connectivity index (χ4n) is 2.70. The first kappa shape index (κ1) is 17.8. The Morgan fingerprint density at radius 2 is 1.85 bits per heavy atom. The van der Waals surface area contributed by atoms with Crippen molar-refractivity contribution >= 4 is 23.3 Å². The van der Waals surface area contributed by atoms with Crippen LogP contribution in [0.2, 0.25) is 5.02 Å². The zero-order chi connectivity index (χ0) is 18.8. The second-order valence-electron chi connectivity index (χ2n) is 6.08. The second kappa shape index (κ2) is 7.09. The molecule has 0 radical (unpaired) electrons. The first-order chi connectivity index (χ1) is 12.4. The lowest BCUT2D eigenvalue weighted by atomic mass is 9.98. The number of pyridine rings is 1. The number of halogens is 1. The number of rotatable bonds is 3. The number of anilines is 1. The Hall–Kier alpha value is -2.99. The van der Waals surface area contributed by atoms with Crippen LogP contribution in [0.1, 0.15) is 16.1 Å². The summed E-state index contributed by atoms with van der Waals surface area (Å²) in [6.45, 7) is 1.90. The summed E-state index contributed by atoms with van der Waals surface area (Å²) < 4.78 is 0. The lowest BCUT2D eigenvalue weighted by Gasteiger charge is -2.14. The van der Waals surface area contributed by atoms with Crippen LogP contribution < -0.4 is 5.73 Å². The Bertz CT molecular complexity index is 970.